The van der Waals surface area contributed by atoms with Crippen molar-refractivity contribution in [2.75, 3.05) is 19.0 Å². The Balaban J connectivity index is 0. The van der Waals surface area contributed by atoms with E-state index in [9.17, 15) is 13.0 Å². The normalized spacial score (nSPS) is 11.3. The first-order chi connectivity index (χ1) is 4.49. The van der Waals surface area contributed by atoms with Crippen LogP contribution in [0.5, 0.6) is 0 Å². The summed E-state index contributed by atoms with van der Waals surface area (Å²) in [4.78, 5) is 0. The molecule has 0 bridgehead atoms. The second-order valence-corrected chi connectivity index (χ2v) is 3.40. The first-order valence-corrected chi connectivity index (χ1v) is 4.22. The van der Waals surface area contributed by atoms with Gasteiger partial charge in [0.1, 0.15) is 0 Å². The topological polar surface area (TPSA) is 97.7 Å². The second-order valence-electron chi connectivity index (χ2n) is 1.96. The van der Waals surface area contributed by atoms with Crippen molar-refractivity contribution in [2.24, 2.45) is 5.92 Å². The van der Waals surface area contributed by atoms with Crippen LogP contribution in [0, 0.1) is 5.92 Å². The van der Waals surface area contributed by atoms with E-state index in [2.05, 4.69) is 0 Å². The molecule has 0 atom stereocenters. The van der Waals surface area contributed by atoms with Gasteiger partial charge in [-0.25, -0.2) is 8.42 Å². The largest absolute Gasteiger partial charge is 1.00 e. The van der Waals surface area contributed by atoms with E-state index in [4.69, 9.17) is 10.2 Å². The Morgan fingerprint density at radius 3 is 1.73 bits per heavy atom. The maximum atomic E-state index is 9.98. The SMILES string of the molecule is O=S(=O)([O-])CC(CO)CO.[K+]. The van der Waals surface area contributed by atoms with E-state index in [0.717, 1.165) is 0 Å². The summed E-state index contributed by atoms with van der Waals surface area (Å²) in [7, 11) is -4.32. The molecule has 0 radical (unpaired) electrons. The van der Waals surface area contributed by atoms with E-state index >= 15 is 0 Å². The molecular formula is C4H9KO5S. The van der Waals surface area contributed by atoms with Gasteiger partial charge in [-0.3, -0.25) is 0 Å². The summed E-state index contributed by atoms with van der Waals surface area (Å²) in [6, 6.07) is 0. The van der Waals surface area contributed by atoms with Gasteiger partial charge in [0.2, 0.25) is 0 Å². The fourth-order valence-corrected chi connectivity index (χ4v) is 1.24. The van der Waals surface area contributed by atoms with Crippen LogP contribution in [0.4, 0.5) is 0 Å². The summed E-state index contributed by atoms with van der Waals surface area (Å²) in [5.41, 5.74) is 0. The van der Waals surface area contributed by atoms with E-state index in [-0.39, 0.29) is 51.4 Å². The molecule has 0 rings (SSSR count). The Morgan fingerprint density at radius 2 is 1.64 bits per heavy atom. The molecule has 0 aromatic carbocycles. The molecule has 0 heterocycles. The van der Waals surface area contributed by atoms with Crippen LogP contribution in [0.15, 0.2) is 0 Å². The van der Waals surface area contributed by atoms with E-state index in [0.29, 0.717) is 0 Å². The standard InChI is InChI=1S/C4H10O5S.K/c5-1-4(2-6)3-10(7,8)9;/h4-6H,1-3H2,(H,7,8,9);/q;+1/p-1. The average molecular weight is 208 g/mol. The number of aliphatic hydroxyl groups excluding tert-OH is 2. The summed E-state index contributed by atoms with van der Waals surface area (Å²) >= 11 is 0. The van der Waals surface area contributed by atoms with Gasteiger partial charge < -0.3 is 14.8 Å². The van der Waals surface area contributed by atoms with Crippen LogP contribution in [0.25, 0.3) is 0 Å². The summed E-state index contributed by atoms with van der Waals surface area (Å²) in [5.74, 6) is -1.55. The number of hydrogen-bond acceptors (Lipinski definition) is 5. The molecule has 62 valence electrons. The van der Waals surface area contributed by atoms with Crippen molar-refractivity contribution in [1.29, 1.82) is 0 Å². The zero-order valence-corrected chi connectivity index (χ0v) is 10.2. The van der Waals surface area contributed by atoms with Crippen LogP contribution in [0.3, 0.4) is 0 Å². The minimum absolute atomic E-state index is 0. The quantitative estimate of drug-likeness (QED) is 0.357. The van der Waals surface area contributed by atoms with Crippen LogP contribution in [0.2, 0.25) is 0 Å². The number of hydrogen-bond donors (Lipinski definition) is 2. The zero-order valence-electron chi connectivity index (χ0n) is 6.23. The third-order valence-electron chi connectivity index (χ3n) is 0.956. The predicted molar refractivity (Wildman–Crippen MR) is 32.2 cm³/mol. The average Bonchev–Trinajstić information content (AvgIpc) is 1.81. The molecule has 0 amide bonds. The summed E-state index contributed by atoms with van der Waals surface area (Å²) < 4.78 is 29.9. The molecule has 0 aromatic rings. The van der Waals surface area contributed by atoms with Gasteiger partial charge in [0.15, 0.2) is 0 Å². The molecule has 0 unspecified atom stereocenters. The van der Waals surface area contributed by atoms with Crippen molar-refractivity contribution in [3.8, 4) is 0 Å². The first-order valence-electron chi connectivity index (χ1n) is 2.65. The Bertz CT molecular complexity index is 173. The van der Waals surface area contributed by atoms with Gasteiger partial charge in [-0.1, -0.05) is 0 Å². The van der Waals surface area contributed by atoms with Crippen molar-refractivity contribution >= 4 is 10.1 Å². The minimum atomic E-state index is -4.32. The maximum Gasteiger partial charge on any atom is 1.00 e. The molecule has 0 spiro atoms. The van der Waals surface area contributed by atoms with E-state index < -0.39 is 35.0 Å². The molecule has 2 N–H and O–H groups in total. The molecule has 0 aliphatic rings. The van der Waals surface area contributed by atoms with Crippen molar-refractivity contribution in [3.05, 3.63) is 0 Å². The molecule has 7 heteroatoms. The van der Waals surface area contributed by atoms with Gasteiger partial charge in [0.25, 0.3) is 0 Å². The molecule has 0 fully saturated rings. The molecule has 0 aromatic heterocycles. The van der Waals surface area contributed by atoms with E-state index in [1.165, 1.54) is 0 Å². The van der Waals surface area contributed by atoms with Gasteiger partial charge in [-0.15, -0.1) is 0 Å². The molecule has 0 saturated carbocycles. The monoisotopic (exact) mass is 208 g/mol. The van der Waals surface area contributed by atoms with Crippen LogP contribution >= 0.6 is 0 Å². The molecule has 11 heavy (non-hydrogen) atoms. The molecule has 5 nitrogen and oxygen atoms in total. The summed E-state index contributed by atoms with van der Waals surface area (Å²) in [5, 5.41) is 16.7. The smallest absolute Gasteiger partial charge is 0.748 e. The first kappa shape index (κ1) is 15.0. The van der Waals surface area contributed by atoms with Crippen LogP contribution in [0.1, 0.15) is 0 Å². The van der Waals surface area contributed by atoms with Crippen LogP contribution in [-0.4, -0.2) is 42.2 Å². The Hall–Kier alpha value is 1.47. The van der Waals surface area contributed by atoms with Gasteiger partial charge in [-0.2, -0.15) is 0 Å². The number of aliphatic hydroxyl groups is 2. The Labute approximate surface area is 108 Å². The van der Waals surface area contributed by atoms with Gasteiger partial charge >= 0.3 is 51.4 Å². The second kappa shape index (κ2) is 6.93. The summed E-state index contributed by atoms with van der Waals surface area (Å²) in [6.07, 6.45) is 0. The minimum Gasteiger partial charge on any atom is -0.748 e. The van der Waals surface area contributed by atoms with Crippen LogP contribution in [-0.2, 0) is 10.1 Å². The maximum absolute atomic E-state index is 9.98. The fourth-order valence-electron chi connectivity index (χ4n) is 0.452. The number of rotatable bonds is 4. The fraction of sp³-hybridized carbons (Fsp3) is 1.00. The van der Waals surface area contributed by atoms with Crippen molar-refractivity contribution in [1.82, 2.24) is 0 Å². The van der Waals surface area contributed by atoms with Gasteiger partial charge in [0, 0.05) is 24.9 Å². The Morgan fingerprint density at radius 1 is 1.27 bits per heavy atom. The third kappa shape index (κ3) is 9.38. The van der Waals surface area contributed by atoms with Crippen LogP contribution < -0.4 is 51.4 Å². The van der Waals surface area contributed by atoms with E-state index in [1.54, 1.807) is 0 Å². The Kier molecular flexibility index (Phi) is 9.42. The molecule has 0 aliphatic carbocycles. The van der Waals surface area contributed by atoms with E-state index in [1.807, 2.05) is 0 Å². The van der Waals surface area contributed by atoms with Crippen molar-refractivity contribution < 1.29 is 74.6 Å². The molecule has 0 saturated heterocycles. The zero-order chi connectivity index (χ0) is 8.20. The van der Waals surface area contributed by atoms with Gasteiger partial charge in [0.05, 0.1) is 10.1 Å². The summed E-state index contributed by atoms with van der Waals surface area (Å²) in [6.45, 7) is -0.976. The van der Waals surface area contributed by atoms with Gasteiger partial charge in [-0.05, 0) is 0 Å². The third-order valence-corrected chi connectivity index (χ3v) is 1.84. The van der Waals surface area contributed by atoms with Crippen molar-refractivity contribution in [3.63, 3.8) is 0 Å². The van der Waals surface area contributed by atoms with Crippen molar-refractivity contribution in [2.45, 2.75) is 0 Å². The predicted octanol–water partition coefficient (Wildman–Crippen LogP) is -4.86. The molecular weight excluding hydrogens is 199 g/mol. The molecule has 0 aliphatic heterocycles.